The number of pyridine rings is 1. The van der Waals surface area contributed by atoms with Crippen LogP contribution >= 0.6 is 0 Å². The van der Waals surface area contributed by atoms with E-state index < -0.39 is 0 Å². The largest absolute Gasteiger partial charge is 0.447 e. The number of hydrogen-bond donors (Lipinski definition) is 2. The number of benzene rings is 1. The summed E-state index contributed by atoms with van der Waals surface area (Å²) < 4.78 is 5.75. The van der Waals surface area contributed by atoms with Crippen LogP contribution in [0, 0.1) is 0 Å². The first kappa shape index (κ1) is 16.1. The molecular weight excluding hydrogens is 332 g/mol. The molecule has 0 radical (unpaired) electrons. The van der Waals surface area contributed by atoms with E-state index in [4.69, 9.17) is 9.62 Å². The normalized spacial score (nSPS) is 14.6. The molecule has 132 valence electrons. The van der Waals surface area contributed by atoms with Gasteiger partial charge in [-0.05, 0) is 36.6 Å². The van der Waals surface area contributed by atoms with Crippen molar-refractivity contribution in [1.29, 1.82) is 0 Å². The Kier molecular flexibility index (Phi) is 3.84. The van der Waals surface area contributed by atoms with E-state index >= 15 is 0 Å². The molecule has 0 atom stereocenters. The van der Waals surface area contributed by atoms with Crippen molar-refractivity contribution in [2.75, 3.05) is 19.4 Å². The summed E-state index contributed by atoms with van der Waals surface area (Å²) in [7, 11) is 3.37. The van der Waals surface area contributed by atoms with Crippen LogP contribution in [0.4, 0.5) is 11.4 Å². The number of fused-ring (bicyclic) bond motifs is 2. The fraction of sp³-hybridized carbons (Fsp3) is 0.211. The third-order valence-electron chi connectivity index (χ3n) is 4.53. The molecule has 1 aliphatic rings. The van der Waals surface area contributed by atoms with Crippen LogP contribution in [0.5, 0.6) is 0 Å². The molecule has 2 heterocycles. The highest BCUT2D eigenvalue weighted by atomic mass is 16.4. The Morgan fingerprint density at radius 1 is 1.31 bits per heavy atom. The van der Waals surface area contributed by atoms with Gasteiger partial charge in [-0.15, -0.1) is 0 Å². The average molecular weight is 350 g/mol. The van der Waals surface area contributed by atoms with Crippen LogP contribution in [0.3, 0.4) is 0 Å². The first-order chi connectivity index (χ1) is 12.6. The zero-order valence-corrected chi connectivity index (χ0v) is 14.5. The number of carbonyl (C=O) groups is 1. The van der Waals surface area contributed by atoms with Crippen LogP contribution in [0.25, 0.3) is 11.0 Å². The summed E-state index contributed by atoms with van der Waals surface area (Å²) >= 11 is 0. The highest BCUT2D eigenvalue weighted by molar-refractivity contribution is 6.07. The second-order valence-corrected chi connectivity index (χ2v) is 6.42. The monoisotopic (exact) mass is 350 g/mol. The number of nitrogens with zero attached hydrogens (tertiary/aromatic N) is 3. The zero-order chi connectivity index (χ0) is 18.3. The van der Waals surface area contributed by atoms with Crippen molar-refractivity contribution in [3.63, 3.8) is 0 Å². The van der Waals surface area contributed by atoms with E-state index in [2.05, 4.69) is 15.5 Å². The minimum Gasteiger partial charge on any atom is -0.447 e. The molecule has 3 aromatic rings. The first-order valence-electron chi connectivity index (χ1n) is 8.28. The molecule has 0 bridgehead atoms. The van der Waals surface area contributed by atoms with Crippen molar-refractivity contribution in [2.24, 2.45) is 5.16 Å². The minimum absolute atomic E-state index is 0.223. The van der Waals surface area contributed by atoms with E-state index in [1.165, 1.54) is 4.90 Å². The molecule has 1 aliphatic carbocycles. The Balaban J connectivity index is 1.78. The van der Waals surface area contributed by atoms with Gasteiger partial charge in [-0.1, -0.05) is 11.2 Å². The zero-order valence-electron chi connectivity index (χ0n) is 14.5. The fourth-order valence-corrected chi connectivity index (χ4v) is 3.22. The maximum atomic E-state index is 12.5. The number of aromatic nitrogens is 1. The van der Waals surface area contributed by atoms with Crippen molar-refractivity contribution in [1.82, 2.24) is 9.88 Å². The molecule has 0 spiro atoms. The van der Waals surface area contributed by atoms with Gasteiger partial charge in [0.05, 0.1) is 17.6 Å². The lowest BCUT2D eigenvalue weighted by Gasteiger charge is -2.12. The van der Waals surface area contributed by atoms with Crippen molar-refractivity contribution in [3.05, 3.63) is 53.5 Å². The third kappa shape index (κ3) is 2.57. The molecule has 1 amide bonds. The Bertz CT molecular complexity index is 1040. The standard InChI is InChI=1S/C19H18N4O3/c1-23(2)19(24)18-17(14-7-8-20-10-16(14)26-18)21-12-4-5-13-11(9-12)3-6-15(13)22-25/h4-5,7-10,21,25H,3,6H2,1-2H3/b22-15+. The molecular formula is C19H18N4O3. The molecule has 2 aromatic heterocycles. The lowest BCUT2D eigenvalue weighted by atomic mass is 10.1. The van der Waals surface area contributed by atoms with E-state index in [0.29, 0.717) is 17.0 Å². The van der Waals surface area contributed by atoms with Crippen LogP contribution in [0.15, 0.2) is 46.2 Å². The Morgan fingerprint density at radius 3 is 2.92 bits per heavy atom. The summed E-state index contributed by atoms with van der Waals surface area (Å²) in [6.45, 7) is 0. The number of hydrogen-bond acceptors (Lipinski definition) is 6. The van der Waals surface area contributed by atoms with Gasteiger partial charge in [-0.3, -0.25) is 9.78 Å². The van der Waals surface area contributed by atoms with Crippen molar-refractivity contribution < 1.29 is 14.4 Å². The van der Waals surface area contributed by atoms with E-state index in [9.17, 15) is 4.79 Å². The van der Waals surface area contributed by atoms with Crippen LogP contribution in [0.1, 0.15) is 28.1 Å². The molecule has 2 N–H and O–H groups in total. The predicted octanol–water partition coefficient (Wildman–Crippen LogP) is 3.40. The lowest BCUT2D eigenvalue weighted by Crippen LogP contribution is -2.21. The number of rotatable bonds is 3. The maximum absolute atomic E-state index is 12.5. The molecule has 0 fully saturated rings. The summed E-state index contributed by atoms with van der Waals surface area (Å²) in [5.74, 6) is 0.0238. The number of aryl methyl sites for hydroxylation is 1. The van der Waals surface area contributed by atoms with Gasteiger partial charge in [-0.2, -0.15) is 0 Å². The van der Waals surface area contributed by atoms with Gasteiger partial charge in [0.25, 0.3) is 5.91 Å². The highest BCUT2D eigenvalue weighted by Gasteiger charge is 2.23. The van der Waals surface area contributed by atoms with Gasteiger partial charge >= 0.3 is 0 Å². The van der Waals surface area contributed by atoms with Gasteiger partial charge in [0.1, 0.15) is 0 Å². The molecule has 0 aliphatic heterocycles. The number of oxime groups is 1. The van der Waals surface area contributed by atoms with Crippen molar-refractivity contribution in [3.8, 4) is 0 Å². The van der Waals surface area contributed by atoms with Crippen LogP contribution < -0.4 is 5.32 Å². The minimum atomic E-state index is -0.223. The molecule has 7 nitrogen and oxygen atoms in total. The third-order valence-corrected chi connectivity index (χ3v) is 4.53. The van der Waals surface area contributed by atoms with Crippen LogP contribution in [-0.2, 0) is 6.42 Å². The quantitative estimate of drug-likeness (QED) is 0.558. The van der Waals surface area contributed by atoms with Crippen molar-refractivity contribution in [2.45, 2.75) is 12.8 Å². The van der Waals surface area contributed by atoms with Gasteiger partial charge in [-0.25, -0.2) is 0 Å². The summed E-state index contributed by atoms with van der Waals surface area (Å²) in [6, 6.07) is 7.66. The fourth-order valence-electron chi connectivity index (χ4n) is 3.22. The summed E-state index contributed by atoms with van der Waals surface area (Å²) in [6.07, 6.45) is 4.81. The van der Waals surface area contributed by atoms with E-state index in [-0.39, 0.29) is 11.7 Å². The molecule has 4 rings (SSSR count). The SMILES string of the molecule is CN(C)C(=O)c1oc2cnccc2c1Nc1ccc2c(c1)CC/C2=N\O. The number of carbonyl (C=O) groups excluding carboxylic acids is 1. The first-order valence-corrected chi connectivity index (χ1v) is 8.28. The second kappa shape index (κ2) is 6.18. The Morgan fingerprint density at radius 2 is 2.15 bits per heavy atom. The van der Waals surface area contributed by atoms with E-state index in [1.54, 1.807) is 26.5 Å². The van der Waals surface area contributed by atoms with Gasteiger partial charge in [0.15, 0.2) is 5.58 Å². The number of amides is 1. The molecule has 0 saturated heterocycles. The second-order valence-electron chi connectivity index (χ2n) is 6.42. The number of anilines is 2. The molecule has 26 heavy (non-hydrogen) atoms. The molecule has 1 aromatic carbocycles. The Labute approximate surface area is 149 Å². The van der Waals surface area contributed by atoms with Gasteiger partial charge in [0, 0.05) is 36.9 Å². The smallest absolute Gasteiger partial charge is 0.291 e. The summed E-state index contributed by atoms with van der Waals surface area (Å²) in [5.41, 5.74) is 4.79. The van der Waals surface area contributed by atoms with E-state index in [1.807, 2.05) is 24.3 Å². The van der Waals surface area contributed by atoms with Gasteiger partial charge in [0.2, 0.25) is 5.76 Å². The molecule has 7 heteroatoms. The molecule has 0 saturated carbocycles. The van der Waals surface area contributed by atoms with Crippen LogP contribution in [0.2, 0.25) is 0 Å². The van der Waals surface area contributed by atoms with Crippen LogP contribution in [-0.4, -0.2) is 40.8 Å². The molecule has 0 unspecified atom stereocenters. The highest BCUT2D eigenvalue weighted by Crippen LogP contribution is 2.34. The lowest BCUT2D eigenvalue weighted by molar-refractivity contribution is 0.0800. The Hall–Kier alpha value is -3.35. The van der Waals surface area contributed by atoms with Gasteiger partial charge < -0.3 is 19.8 Å². The number of nitrogens with one attached hydrogen (secondary N) is 1. The number of furan rings is 1. The summed E-state index contributed by atoms with van der Waals surface area (Å²) in [5, 5.41) is 16.5. The topological polar surface area (TPSA) is 91.0 Å². The summed E-state index contributed by atoms with van der Waals surface area (Å²) in [4.78, 5) is 18.1. The van der Waals surface area contributed by atoms with Crippen molar-refractivity contribution >= 4 is 34.0 Å². The average Bonchev–Trinajstić information content (AvgIpc) is 3.22. The maximum Gasteiger partial charge on any atom is 0.291 e. The van der Waals surface area contributed by atoms with E-state index in [0.717, 1.165) is 35.0 Å². The predicted molar refractivity (Wildman–Crippen MR) is 98.4 cm³/mol.